The molecule has 2 amide bonds. The predicted molar refractivity (Wildman–Crippen MR) is 95.7 cm³/mol. The molecule has 0 aromatic heterocycles. The first-order chi connectivity index (χ1) is 11.9. The van der Waals surface area contributed by atoms with Gasteiger partial charge in [-0.25, -0.2) is 4.79 Å². The second kappa shape index (κ2) is 8.74. The maximum absolute atomic E-state index is 12.3. The van der Waals surface area contributed by atoms with Crippen LogP contribution in [0.2, 0.25) is 0 Å². The fourth-order valence-corrected chi connectivity index (χ4v) is 2.80. The second-order valence-corrected chi connectivity index (χ2v) is 7.04. The number of piperidine rings is 1. The van der Waals surface area contributed by atoms with E-state index >= 15 is 0 Å². The second-order valence-electron chi connectivity index (χ2n) is 7.04. The van der Waals surface area contributed by atoms with Gasteiger partial charge in [0.25, 0.3) is 0 Å². The molecule has 1 aliphatic heterocycles. The van der Waals surface area contributed by atoms with Crippen molar-refractivity contribution in [2.24, 2.45) is 11.8 Å². The molecule has 1 unspecified atom stereocenters. The lowest BCUT2D eigenvalue weighted by atomic mass is 9.97. The first-order valence-electron chi connectivity index (χ1n) is 8.87. The van der Waals surface area contributed by atoms with Crippen LogP contribution in [0, 0.1) is 11.8 Å². The third kappa shape index (κ3) is 5.66. The molecule has 138 valence electrons. The summed E-state index contributed by atoms with van der Waals surface area (Å²) in [5.74, 6) is 0.197. The van der Waals surface area contributed by atoms with Gasteiger partial charge >= 0.3 is 12.0 Å². The monoisotopic (exact) mass is 348 g/mol. The van der Waals surface area contributed by atoms with Crippen LogP contribution in [0.4, 0.5) is 4.79 Å². The van der Waals surface area contributed by atoms with E-state index in [9.17, 15) is 9.59 Å². The number of urea groups is 1. The Labute approximate surface area is 149 Å². The van der Waals surface area contributed by atoms with Gasteiger partial charge in [0.05, 0.1) is 18.6 Å². The lowest BCUT2D eigenvalue weighted by Crippen LogP contribution is -2.46. The number of carbonyl (C=O) groups is 2. The maximum atomic E-state index is 12.3. The number of hydrogen-bond acceptors (Lipinski definition) is 3. The Balaban J connectivity index is 1.83. The largest absolute Gasteiger partial charge is 0.493 e. The summed E-state index contributed by atoms with van der Waals surface area (Å²) in [6.45, 7) is 7.79. The van der Waals surface area contributed by atoms with Crippen LogP contribution in [0.3, 0.4) is 0 Å². The van der Waals surface area contributed by atoms with E-state index < -0.39 is 5.97 Å². The van der Waals surface area contributed by atoms with Gasteiger partial charge in [0.2, 0.25) is 0 Å². The van der Waals surface area contributed by atoms with Crippen molar-refractivity contribution in [3.05, 3.63) is 29.8 Å². The van der Waals surface area contributed by atoms with Gasteiger partial charge in [-0.1, -0.05) is 26.0 Å². The van der Waals surface area contributed by atoms with Gasteiger partial charge in [-0.05, 0) is 43.4 Å². The van der Waals surface area contributed by atoms with Crippen LogP contribution in [0.25, 0.3) is 0 Å². The molecule has 0 aliphatic carbocycles. The number of carbonyl (C=O) groups excluding carboxylic acids is 1. The molecule has 1 atom stereocenters. The number of carboxylic acids is 1. The van der Waals surface area contributed by atoms with Crippen LogP contribution in [-0.2, 0) is 4.79 Å². The molecule has 0 bridgehead atoms. The molecule has 1 aromatic carbocycles. The van der Waals surface area contributed by atoms with Gasteiger partial charge in [-0.3, -0.25) is 4.79 Å². The number of aliphatic carboxylic acids is 1. The van der Waals surface area contributed by atoms with Crippen molar-refractivity contribution in [2.75, 3.05) is 19.7 Å². The lowest BCUT2D eigenvalue weighted by Gasteiger charge is -2.31. The van der Waals surface area contributed by atoms with Crippen LogP contribution in [0.15, 0.2) is 24.3 Å². The minimum Gasteiger partial charge on any atom is -0.493 e. The molecule has 1 heterocycles. The summed E-state index contributed by atoms with van der Waals surface area (Å²) in [6, 6.07) is 7.48. The number of amides is 2. The average Bonchev–Trinajstić information content (AvgIpc) is 2.60. The highest BCUT2D eigenvalue weighted by atomic mass is 16.5. The van der Waals surface area contributed by atoms with Crippen molar-refractivity contribution in [3.63, 3.8) is 0 Å². The van der Waals surface area contributed by atoms with Crippen LogP contribution < -0.4 is 10.1 Å². The molecule has 0 saturated carbocycles. The van der Waals surface area contributed by atoms with Crippen molar-refractivity contribution >= 4 is 12.0 Å². The third-order valence-electron chi connectivity index (χ3n) is 4.43. The minimum atomic E-state index is -0.770. The summed E-state index contributed by atoms with van der Waals surface area (Å²) >= 11 is 0. The van der Waals surface area contributed by atoms with Gasteiger partial charge < -0.3 is 20.1 Å². The van der Waals surface area contributed by atoms with Gasteiger partial charge in [0.15, 0.2) is 0 Å². The standard InChI is InChI=1S/C19H28N2O4/c1-13(2)12-25-17-6-4-15(5-7-17)14(3)20-19(24)21-10-8-16(9-11-21)18(22)23/h4-7,13-14,16H,8-12H2,1-3H3,(H,20,24)(H,22,23). The van der Waals surface area contributed by atoms with Crippen molar-refractivity contribution in [1.82, 2.24) is 10.2 Å². The van der Waals surface area contributed by atoms with Crippen LogP contribution >= 0.6 is 0 Å². The Morgan fingerprint density at radius 1 is 1.20 bits per heavy atom. The first-order valence-corrected chi connectivity index (χ1v) is 8.87. The molecule has 6 nitrogen and oxygen atoms in total. The van der Waals surface area contributed by atoms with Crippen LogP contribution in [0.1, 0.15) is 45.2 Å². The number of benzene rings is 1. The Kier molecular flexibility index (Phi) is 6.67. The van der Waals surface area contributed by atoms with Crippen molar-refractivity contribution in [2.45, 2.75) is 39.7 Å². The van der Waals surface area contributed by atoms with Crippen LogP contribution in [-0.4, -0.2) is 41.7 Å². The molecular weight excluding hydrogens is 320 g/mol. The Morgan fingerprint density at radius 2 is 1.80 bits per heavy atom. The quantitative estimate of drug-likeness (QED) is 0.827. The highest BCUT2D eigenvalue weighted by Gasteiger charge is 2.27. The van der Waals surface area contributed by atoms with Crippen molar-refractivity contribution < 1.29 is 19.4 Å². The first kappa shape index (κ1) is 19.1. The van der Waals surface area contributed by atoms with Gasteiger partial charge in [0, 0.05) is 13.1 Å². The molecular formula is C19H28N2O4. The Hall–Kier alpha value is -2.24. The zero-order chi connectivity index (χ0) is 18.4. The van der Waals surface area contributed by atoms with Gasteiger partial charge in [-0.15, -0.1) is 0 Å². The summed E-state index contributed by atoms with van der Waals surface area (Å²) in [4.78, 5) is 25.0. The normalized spacial score (nSPS) is 16.6. The topological polar surface area (TPSA) is 78.9 Å². The molecule has 0 spiro atoms. The van der Waals surface area contributed by atoms with Crippen LogP contribution in [0.5, 0.6) is 5.75 Å². The molecule has 6 heteroatoms. The Morgan fingerprint density at radius 3 is 2.32 bits per heavy atom. The van der Waals surface area contributed by atoms with E-state index in [1.165, 1.54) is 0 Å². The lowest BCUT2D eigenvalue weighted by molar-refractivity contribution is -0.143. The van der Waals surface area contributed by atoms with E-state index in [1.54, 1.807) is 4.90 Å². The molecule has 1 aromatic rings. The molecule has 2 N–H and O–H groups in total. The number of ether oxygens (including phenoxy) is 1. The fourth-order valence-electron chi connectivity index (χ4n) is 2.80. The number of rotatable bonds is 6. The molecule has 1 aliphatic rings. The van der Waals surface area contributed by atoms with E-state index in [-0.39, 0.29) is 18.0 Å². The number of hydrogen-bond donors (Lipinski definition) is 2. The summed E-state index contributed by atoms with van der Waals surface area (Å²) in [5.41, 5.74) is 1.01. The smallest absolute Gasteiger partial charge is 0.317 e. The highest BCUT2D eigenvalue weighted by Crippen LogP contribution is 2.20. The van der Waals surface area contributed by atoms with Gasteiger partial charge in [-0.2, -0.15) is 0 Å². The number of likely N-dealkylation sites (tertiary alicyclic amines) is 1. The number of nitrogens with zero attached hydrogens (tertiary/aromatic N) is 1. The van der Waals surface area contributed by atoms with Crippen molar-refractivity contribution in [1.29, 1.82) is 0 Å². The zero-order valence-corrected chi connectivity index (χ0v) is 15.2. The SMILES string of the molecule is CC(C)COc1ccc(C(C)NC(=O)N2CCC(C(=O)O)CC2)cc1. The highest BCUT2D eigenvalue weighted by molar-refractivity contribution is 5.75. The number of nitrogens with one attached hydrogen (secondary N) is 1. The van der Waals surface area contributed by atoms with Crippen molar-refractivity contribution in [3.8, 4) is 5.75 Å². The van der Waals surface area contributed by atoms with E-state index in [2.05, 4.69) is 19.2 Å². The molecule has 2 rings (SSSR count). The zero-order valence-electron chi connectivity index (χ0n) is 15.2. The predicted octanol–water partition coefficient (Wildman–Crippen LogP) is 3.29. The van der Waals surface area contributed by atoms with E-state index in [4.69, 9.17) is 9.84 Å². The summed E-state index contributed by atoms with van der Waals surface area (Å²) in [7, 11) is 0. The molecule has 0 radical (unpaired) electrons. The summed E-state index contributed by atoms with van der Waals surface area (Å²) in [6.07, 6.45) is 1.03. The van der Waals surface area contributed by atoms with E-state index in [0.717, 1.165) is 11.3 Å². The maximum Gasteiger partial charge on any atom is 0.317 e. The molecule has 25 heavy (non-hydrogen) atoms. The molecule has 1 fully saturated rings. The summed E-state index contributed by atoms with van der Waals surface area (Å²) in [5, 5.41) is 12.0. The molecule has 1 saturated heterocycles. The average molecular weight is 348 g/mol. The Bertz CT molecular complexity index is 578. The van der Waals surface area contributed by atoms with E-state index in [1.807, 2.05) is 31.2 Å². The summed E-state index contributed by atoms with van der Waals surface area (Å²) < 4.78 is 5.66. The fraction of sp³-hybridized carbons (Fsp3) is 0.579. The number of carboxylic acid groups (broad SMARTS) is 1. The third-order valence-corrected chi connectivity index (χ3v) is 4.43. The van der Waals surface area contributed by atoms with E-state index in [0.29, 0.717) is 38.5 Å². The minimum absolute atomic E-state index is 0.121. The van der Waals surface area contributed by atoms with Gasteiger partial charge in [0.1, 0.15) is 5.75 Å².